The van der Waals surface area contributed by atoms with Crippen molar-refractivity contribution >= 4 is 23.5 Å². The third-order valence-electron chi connectivity index (χ3n) is 1.93. The number of furan rings is 1. The van der Waals surface area contributed by atoms with Crippen LogP contribution in [0, 0.1) is 0 Å². The van der Waals surface area contributed by atoms with Crippen LogP contribution in [0.5, 0.6) is 0 Å². The summed E-state index contributed by atoms with van der Waals surface area (Å²) in [6, 6.07) is 3.10. The number of anilines is 1. The summed E-state index contributed by atoms with van der Waals surface area (Å²) in [7, 11) is 0. The van der Waals surface area contributed by atoms with E-state index in [2.05, 4.69) is 16.0 Å². The number of halogens is 1. The Morgan fingerprint density at radius 1 is 1.57 bits per heavy atom. The van der Waals surface area contributed by atoms with Gasteiger partial charge >= 0.3 is 6.03 Å². The summed E-state index contributed by atoms with van der Waals surface area (Å²) in [4.78, 5) is 11.3. The molecule has 0 bridgehead atoms. The zero-order valence-corrected chi connectivity index (χ0v) is 8.10. The van der Waals surface area contributed by atoms with E-state index < -0.39 is 0 Å². The van der Waals surface area contributed by atoms with Crippen molar-refractivity contribution in [3.63, 3.8) is 0 Å². The maximum absolute atomic E-state index is 11.3. The Labute approximate surface area is 85.8 Å². The first-order valence-electron chi connectivity index (χ1n) is 4.27. The first kappa shape index (κ1) is 9.36. The molecule has 1 saturated heterocycles. The largest absolute Gasteiger partial charge is 0.429 e. The Bertz CT molecular complexity index is 335. The topological polar surface area (TPSA) is 66.3 Å². The Balaban J connectivity index is 1.81. The van der Waals surface area contributed by atoms with Gasteiger partial charge in [-0.05, 0) is 17.7 Å². The highest BCUT2D eigenvalue weighted by Crippen LogP contribution is 2.17. The monoisotopic (exact) mass is 215 g/mol. The lowest BCUT2D eigenvalue weighted by atomic mass is 10.2. The number of hydrogen-bond acceptors (Lipinski definition) is 3. The molecule has 1 aliphatic rings. The molecule has 0 aliphatic carbocycles. The lowest BCUT2D eigenvalue weighted by Gasteiger charge is -2.27. The van der Waals surface area contributed by atoms with E-state index in [9.17, 15) is 4.79 Å². The minimum Gasteiger partial charge on any atom is -0.429 e. The lowest BCUT2D eigenvalue weighted by molar-refractivity contribution is 0.242. The molecule has 0 radical (unpaired) electrons. The highest BCUT2D eigenvalue weighted by Gasteiger charge is 2.18. The summed E-state index contributed by atoms with van der Waals surface area (Å²) in [5.74, 6) is 0.347. The molecule has 0 saturated carbocycles. The van der Waals surface area contributed by atoms with E-state index in [1.54, 1.807) is 12.1 Å². The molecule has 14 heavy (non-hydrogen) atoms. The van der Waals surface area contributed by atoms with Crippen molar-refractivity contribution in [1.29, 1.82) is 0 Å². The predicted octanol–water partition coefficient (Wildman–Crippen LogP) is 1.03. The molecule has 6 heteroatoms. The summed E-state index contributed by atoms with van der Waals surface area (Å²) in [6.07, 6.45) is 0. The van der Waals surface area contributed by atoms with Crippen molar-refractivity contribution in [3.05, 3.63) is 17.4 Å². The van der Waals surface area contributed by atoms with Gasteiger partial charge in [0.25, 0.3) is 0 Å². The SMILES string of the molecule is O=C(Nc1ccc(Cl)o1)NC1CNC1. The van der Waals surface area contributed by atoms with Crippen LogP contribution in [-0.2, 0) is 0 Å². The van der Waals surface area contributed by atoms with Gasteiger partial charge in [-0.3, -0.25) is 5.32 Å². The van der Waals surface area contributed by atoms with Gasteiger partial charge in [0.1, 0.15) is 0 Å². The smallest absolute Gasteiger partial charge is 0.321 e. The molecule has 0 atom stereocenters. The van der Waals surface area contributed by atoms with Crippen molar-refractivity contribution < 1.29 is 9.21 Å². The number of rotatable bonds is 2. The fourth-order valence-electron chi connectivity index (χ4n) is 1.11. The molecular formula is C8H10ClN3O2. The molecule has 2 amide bonds. The number of nitrogens with one attached hydrogen (secondary N) is 3. The fraction of sp³-hybridized carbons (Fsp3) is 0.375. The highest BCUT2D eigenvalue weighted by atomic mass is 35.5. The lowest BCUT2D eigenvalue weighted by Crippen LogP contribution is -2.57. The van der Waals surface area contributed by atoms with E-state index >= 15 is 0 Å². The molecule has 76 valence electrons. The Kier molecular flexibility index (Phi) is 2.60. The maximum Gasteiger partial charge on any atom is 0.321 e. The van der Waals surface area contributed by atoms with Crippen LogP contribution in [0.25, 0.3) is 0 Å². The normalized spacial score (nSPS) is 16.1. The molecular weight excluding hydrogens is 206 g/mol. The molecule has 1 aromatic rings. The third kappa shape index (κ3) is 2.18. The number of amides is 2. The van der Waals surface area contributed by atoms with Crippen LogP contribution in [0.4, 0.5) is 10.7 Å². The number of carbonyl (C=O) groups excluding carboxylic acids is 1. The molecule has 2 heterocycles. The molecule has 1 aromatic heterocycles. The quantitative estimate of drug-likeness (QED) is 0.690. The van der Waals surface area contributed by atoms with Crippen LogP contribution in [0.3, 0.4) is 0 Å². The van der Waals surface area contributed by atoms with Crippen molar-refractivity contribution in [3.8, 4) is 0 Å². The van der Waals surface area contributed by atoms with Gasteiger partial charge in [-0.1, -0.05) is 0 Å². The van der Waals surface area contributed by atoms with Crippen LogP contribution in [-0.4, -0.2) is 25.2 Å². The highest BCUT2D eigenvalue weighted by molar-refractivity contribution is 6.29. The molecule has 5 nitrogen and oxygen atoms in total. The second-order valence-electron chi connectivity index (χ2n) is 3.06. The van der Waals surface area contributed by atoms with E-state index in [0.29, 0.717) is 5.88 Å². The first-order valence-corrected chi connectivity index (χ1v) is 4.65. The van der Waals surface area contributed by atoms with Gasteiger partial charge < -0.3 is 15.1 Å². The second kappa shape index (κ2) is 3.89. The molecule has 0 aromatic carbocycles. The van der Waals surface area contributed by atoms with E-state index in [0.717, 1.165) is 13.1 Å². The third-order valence-corrected chi connectivity index (χ3v) is 2.13. The zero-order valence-electron chi connectivity index (χ0n) is 7.34. The summed E-state index contributed by atoms with van der Waals surface area (Å²) >= 11 is 5.54. The van der Waals surface area contributed by atoms with Gasteiger partial charge in [0, 0.05) is 19.2 Å². The summed E-state index contributed by atoms with van der Waals surface area (Å²) in [5.41, 5.74) is 0. The Hall–Kier alpha value is -1.20. The van der Waals surface area contributed by atoms with Gasteiger partial charge in [0.05, 0.1) is 6.04 Å². The molecule has 1 aliphatic heterocycles. The van der Waals surface area contributed by atoms with Gasteiger partial charge in [0.15, 0.2) is 5.22 Å². The number of carbonyl (C=O) groups is 1. The van der Waals surface area contributed by atoms with Gasteiger partial charge in [0.2, 0.25) is 5.88 Å². The predicted molar refractivity (Wildman–Crippen MR) is 52.5 cm³/mol. The molecule has 3 N–H and O–H groups in total. The second-order valence-corrected chi connectivity index (χ2v) is 3.43. The van der Waals surface area contributed by atoms with E-state index in [4.69, 9.17) is 16.0 Å². The van der Waals surface area contributed by atoms with Crippen molar-refractivity contribution in [1.82, 2.24) is 10.6 Å². The molecule has 0 unspecified atom stereocenters. The minimum atomic E-state index is -0.275. The molecule has 0 spiro atoms. The van der Waals surface area contributed by atoms with Crippen LogP contribution in [0.15, 0.2) is 16.5 Å². The number of hydrogen-bond donors (Lipinski definition) is 3. The fourth-order valence-corrected chi connectivity index (χ4v) is 1.25. The zero-order chi connectivity index (χ0) is 9.97. The van der Waals surface area contributed by atoms with Crippen molar-refractivity contribution in [2.75, 3.05) is 18.4 Å². The average Bonchev–Trinajstić information content (AvgIpc) is 2.44. The summed E-state index contributed by atoms with van der Waals surface area (Å²) in [5, 5.41) is 8.59. The Morgan fingerprint density at radius 2 is 2.36 bits per heavy atom. The van der Waals surface area contributed by atoms with Crippen LogP contribution >= 0.6 is 11.6 Å². The average molecular weight is 216 g/mol. The minimum absolute atomic E-state index is 0.209. The molecule has 2 rings (SSSR count). The van der Waals surface area contributed by atoms with Crippen LogP contribution < -0.4 is 16.0 Å². The van der Waals surface area contributed by atoms with E-state index in [1.807, 2.05) is 0 Å². The standard InChI is InChI=1S/C8H10ClN3O2/c9-6-1-2-7(14-6)12-8(13)11-5-3-10-4-5/h1-2,5,10H,3-4H2,(H2,11,12,13). The van der Waals surface area contributed by atoms with Crippen molar-refractivity contribution in [2.24, 2.45) is 0 Å². The Morgan fingerprint density at radius 3 is 2.86 bits per heavy atom. The summed E-state index contributed by atoms with van der Waals surface area (Å²) in [6.45, 7) is 1.62. The van der Waals surface area contributed by atoms with E-state index in [1.165, 1.54) is 0 Å². The number of urea groups is 1. The first-order chi connectivity index (χ1) is 6.74. The molecule has 1 fully saturated rings. The van der Waals surface area contributed by atoms with E-state index in [-0.39, 0.29) is 17.3 Å². The van der Waals surface area contributed by atoms with Gasteiger partial charge in [-0.2, -0.15) is 0 Å². The van der Waals surface area contributed by atoms with Crippen LogP contribution in [0.2, 0.25) is 5.22 Å². The maximum atomic E-state index is 11.3. The van der Waals surface area contributed by atoms with Crippen LogP contribution in [0.1, 0.15) is 0 Å². The van der Waals surface area contributed by atoms with Gasteiger partial charge in [-0.25, -0.2) is 4.79 Å². The summed E-state index contributed by atoms with van der Waals surface area (Å²) < 4.78 is 4.97. The van der Waals surface area contributed by atoms with Gasteiger partial charge in [-0.15, -0.1) is 0 Å². The van der Waals surface area contributed by atoms with Crippen molar-refractivity contribution in [2.45, 2.75) is 6.04 Å².